The Hall–Kier alpha value is -0.120. The predicted octanol–water partition coefficient (Wildman–Crippen LogP) is 1.85. The van der Waals surface area contributed by atoms with Crippen LogP contribution in [-0.2, 0) is 14.2 Å². The molecule has 0 heterocycles. The normalized spacial score (nSPS) is 13.2. The monoisotopic (exact) mass is 190 g/mol. The first kappa shape index (κ1) is 12.9. The van der Waals surface area contributed by atoms with E-state index in [1.54, 1.807) is 7.11 Å². The van der Waals surface area contributed by atoms with Crippen molar-refractivity contribution in [2.75, 3.05) is 33.5 Å². The fourth-order valence-electron chi connectivity index (χ4n) is 1.07. The van der Waals surface area contributed by atoms with Crippen molar-refractivity contribution in [2.24, 2.45) is 0 Å². The Morgan fingerprint density at radius 3 is 2.38 bits per heavy atom. The molecule has 0 aromatic carbocycles. The first-order valence-electron chi connectivity index (χ1n) is 5.03. The summed E-state index contributed by atoms with van der Waals surface area (Å²) in [5, 5.41) is 0. The van der Waals surface area contributed by atoms with Crippen LogP contribution in [0.15, 0.2) is 0 Å². The van der Waals surface area contributed by atoms with E-state index < -0.39 is 0 Å². The average molecular weight is 190 g/mol. The standard InChI is InChI=1S/C10H22O3/c1-4-10(6-7-11-3)13-9-8-12-5-2/h10H,4-9H2,1-3H3. The molecule has 0 aliphatic carbocycles. The van der Waals surface area contributed by atoms with Crippen molar-refractivity contribution in [3.8, 4) is 0 Å². The number of rotatable bonds is 9. The van der Waals surface area contributed by atoms with Gasteiger partial charge in [-0.15, -0.1) is 0 Å². The molecule has 13 heavy (non-hydrogen) atoms. The third kappa shape index (κ3) is 8.22. The van der Waals surface area contributed by atoms with Crippen LogP contribution in [0.25, 0.3) is 0 Å². The van der Waals surface area contributed by atoms with Crippen molar-refractivity contribution in [3.63, 3.8) is 0 Å². The summed E-state index contributed by atoms with van der Waals surface area (Å²) in [6, 6.07) is 0. The lowest BCUT2D eigenvalue weighted by atomic mass is 10.2. The Morgan fingerprint density at radius 2 is 1.85 bits per heavy atom. The molecule has 80 valence electrons. The third-order valence-corrected chi connectivity index (χ3v) is 1.88. The lowest BCUT2D eigenvalue weighted by Gasteiger charge is -2.15. The van der Waals surface area contributed by atoms with Crippen LogP contribution in [0.5, 0.6) is 0 Å². The van der Waals surface area contributed by atoms with Crippen molar-refractivity contribution in [1.82, 2.24) is 0 Å². The van der Waals surface area contributed by atoms with Gasteiger partial charge in [-0.2, -0.15) is 0 Å². The third-order valence-electron chi connectivity index (χ3n) is 1.88. The number of hydrogen-bond acceptors (Lipinski definition) is 3. The van der Waals surface area contributed by atoms with Crippen LogP contribution in [0.4, 0.5) is 0 Å². The summed E-state index contributed by atoms with van der Waals surface area (Å²) in [6.07, 6.45) is 2.33. The molecular formula is C10H22O3. The largest absolute Gasteiger partial charge is 0.385 e. The highest BCUT2D eigenvalue weighted by Crippen LogP contribution is 2.03. The second-order valence-electron chi connectivity index (χ2n) is 2.88. The molecule has 0 saturated carbocycles. The van der Waals surface area contributed by atoms with Gasteiger partial charge in [0.05, 0.1) is 19.3 Å². The predicted molar refractivity (Wildman–Crippen MR) is 53.0 cm³/mol. The van der Waals surface area contributed by atoms with Gasteiger partial charge in [0.15, 0.2) is 0 Å². The maximum Gasteiger partial charge on any atom is 0.0704 e. The average Bonchev–Trinajstić information content (AvgIpc) is 2.17. The van der Waals surface area contributed by atoms with Gasteiger partial charge < -0.3 is 14.2 Å². The second kappa shape index (κ2) is 9.96. The van der Waals surface area contributed by atoms with Crippen LogP contribution >= 0.6 is 0 Å². The lowest BCUT2D eigenvalue weighted by Crippen LogP contribution is -2.17. The van der Waals surface area contributed by atoms with E-state index >= 15 is 0 Å². The Kier molecular flexibility index (Phi) is 9.87. The Balaban J connectivity index is 3.25. The first-order valence-corrected chi connectivity index (χ1v) is 5.03. The molecule has 0 aliphatic rings. The smallest absolute Gasteiger partial charge is 0.0704 e. The van der Waals surface area contributed by atoms with Crippen molar-refractivity contribution in [3.05, 3.63) is 0 Å². The number of ether oxygens (including phenoxy) is 3. The van der Waals surface area contributed by atoms with Crippen LogP contribution < -0.4 is 0 Å². The quantitative estimate of drug-likeness (QED) is 0.519. The van der Waals surface area contributed by atoms with Crippen molar-refractivity contribution in [2.45, 2.75) is 32.8 Å². The van der Waals surface area contributed by atoms with Crippen LogP contribution in [0.1, 0.15) is 26.7 Å². The molecule has 0 radical (unpaired) electrons. The van der Waals surface area contributed by atoms with Gasteiger partial charge >= 0.3 is 0 Å². The van der Waals surface area contributed by atoms with Gasteiger partial charge in [-0.05, 0) is 19.8 Å². The summed E-state index contributed by atoms with van der Waals surface area (Å²) < 4.78 is 15.8. The topological polar surface area (TPSA) is 27.7 Å². The van der Waals surface area contributed by atoms with Crippen molar-refractivity contribution < 1.29 is 14.2 Å². The second-order valence-corrected chi connectivity index (χ2v) is 2.88. The van der Waals surface area contributed by atoms with E-state index in [-0.39, 0.29) is 0 Å². The molecule has 0 spiro atoms. The molecule has 3 nitrogen and oxygen atoms in total. The van der Waals surface area contributed by atoms with Crippen LogP contribution in [0.3, 0.4) is 0 Å². The van der Waals surface area contributed by atoms with E-state index in [0.717, 1.165) is 26.1 Å². The van der Waals surface area contributed by atoms with Gasteiger partial charge in [-0.25, -0.2) is 0 Å². The Morgan fingerprint density at radius 1 is 1.08 bits per heavy atom. The highest BCUT2D eigenvalue weighted by atomic mass is 16.5. The summed E-state index contributed by atoms with van der Waals surface area (Å²) >= 11 is 0. The maximum atomic E-state index is 5.59. The Labute approximate surface area is 81.4 Å². The van der Waals surface area contributed by atoms with E-state index in [4.69, 9.17) is 14.2 Å². The van der Waals surface area contributed by atoms with E-state index in [0.29, 0.717) is 19.3 Å². The molecule has 0 bridgehead atoms. The summed E-state index contributed by atoms with van der Waals surface area (Å²) in [4.78, 5) is 0. The summed E-state index contributed by atoms with van der Waals surface area (Å²) in [5.41, 5.74) is 0. The lowest BCUT2D eigenvalue weighted by molar-refractivity contribution is -0.00698. The van der Waals surface area contributed by atoms with Gasteiger partial charge in [-0.1, -0.05) is 6.92 Å². The van der Waals surface area contributed by atoms with Crippen LogP contribution in [0, 0.1) is 0 Å². The van der Waals surface area contributed by atoms with Crippen LogP contribution in [-0.4, -0.2) is 39.6 Å². The molecule has 0 saturated heterocycles. The van der Waals surface area contributed by atoms with E-state index in [1.165, 1.54) is 0 Å². The molecule has 0 aliphatic heterocycles. The highest BCUT2D eigenvalue weighted by molar-refractivity contribution is 4.54. The highest BCUT2D eigenvalue weighted by Gasteiger charge is 2.05. The summed E-state index contributed by atoms with van der Waals surface area (Å²) in [5.74, 6) is 0. The van der Waals surface area contributed by atoms with Gasteiger partial charge in [0.25, 0.3) is 0 Å². The molecule has 3 heteroatoms. The SMILES string of the molecule is CCOCCOC(CC)CCOC. The minimum absolute atomic E-state index is 0.320. The molecule has 0 amide bonds. The van der Waals surface area contributed by atoms with Gasteiger partial charge in [0, 0.05) is 20.3 Å². The molecule has 1 atom stereocenters. The summed E-state index contributed by atoms with van der Waals surface area (Å²) in [6.45, 7) is 7.03. The van der Waals surface area contributed by atoms with Gasteiger partial charge in [-0.3, -0.25) is 0 Å². The minimum atomic E-state index is 0.320. The minimum Gasteiger partial charge on any atom is -0.385 e. The first-order chi connectivity index (χ1) is 6.35. The molecule has 0 rings (SSSR count). The van der Waals surface area contributed by atoms with E-state index in [2.05, 4.69) is 6.92 Å². The molecule has 0 N–H and O–H groups in total. The molecule has 0 aromatic heterocycles. The Bertz CT molecular complexity index is 96.2. The van der Waals surface area contributed by atoms with E-state index in [9.17, 15) is 0 Å². The molecule has 1 unspecified atom stereocenters. The number of hydrogen-bond donors (Lipinski definition) is 0. The number of methoxy groups -OCH3 is 1. The zero-order chi connectivity index (χ0) is 9.94. The van der Waals surface area contributed by atoms with Crippen LogP contribution in [0.2, 0.25) is 0 Å². The van der Waals surface area contributed by atoms with E-state index in [1.807, 2.05) is 6.92 Å². The molecule has 0 aromatic rings. The molecular weight excluding hydrogens is 168 g/mol. The molecule has 0 fully saturated rings. The fourth-order valence-corrected chi connectivity index (χ4v) is 1.07. The van der Waals surface area contributed by atoms with Gasteiger partial charge in [0.2, 0.25) is 0 Å². The van der Waals surface area contributed by atoms with Crippen molar-refractivity contribution >= 4 is 0 Å². The fraction of sp³-hybridized carbons (Fsp3) is 1.00. The van der Waals surface area contributed by atoms with Crippen molar-refractivity contribution in [1.29, 1.82) is 0 Å². The zero-order valence-corrected chi connectivity index (χ0v) is 9.04. The van der Waals surface area contributed by atoms with Gasteiger partial charge in [0.1, 0.15) is 0 Å². The summed E-state index contributed by atoms with van der Waals surface area (Å²) in [7, 11) is 1.72. The maximum absolute atomic E-state index is 5.59. The zero-order valence-electron chi connectivity index (χ0n) is 9.04.